The summed E-state index contributed by atoms with van der Waals surface area (Å²) in [5.74, 6) is 0. The summed E-state index contributed by atoms with van der Waals surface area (Å²) in [6, 6.07) is 6.39. The number of benzene rings is 1. The standard InChI is InChI=1S/C13H15BrN2/c1-16-7-10(13(8-15)5-6-13)9-3-2-4-11(14)12(9)16/h2-4,7H,5-6,8,15H2,1H3. The normalized spacial score (nSPS) is 17.9. The minimum Gasteiger partial charge on any atom is -0.349 e. The molecule has 1 saturated carbocycles. The Bertz CT molecular complexity index is 552. The maximum Gasteiger partial charge on any atom is 0.0625 e. The van der Waals surface area contributed by atoms with E-state index in [2.05, 4.69) is 51.9 Å². The van der Waals surface area contributed by atoms with Crippen molar-refractivity contribution in [2.75, 3.05) is 6.54 Å². The Morgan fingerprint density at radius 1 is 1.44 bits per heavy atom. The summed E-state index contributed by atoms with van der Waals surface area (Å²) in [6.07, 6.45) is 4.71. The number of hydrogen-bond acceptors (Lipinski definition) is 1. The third-order valence-corrected chi connectivity index (χ3v) is 4.41. The second kappa shape index (κ2) is 3.34. The number of para-hydroxylation sites is 1. The molecular formula is C13H15BrN2. The van der Waals surface area contributed by atoms with Crippen molar-refractivity contribution >= 4 is 26.8 Å². The lowest BCUT2D eigenvalue weighted by atomic mass is 9.96. The lowest BCUT2D eigenvalue weighted by Gasteiger charge is -2.10. The molecule has 1 aliphatic rings. The van der Waals surface area contributed by atoms with Gasteiger partial charge >= 0.3 is 0 Å². The highest BCUT2D eigenvalue weighted by Gasteiger charge is 2.44. The van der Waals surface area contributed by atoms with E-state index in [0.29, 0.717) is 0 Å². The highest BCUT2D eigenvalue weighted by molar-refractivity contribution is 9.10. The van der Waals surface area contributed by atoms with Gasteiger partial charge in [0, 0.05) is 35.1 Å². The van der Waals surface area contributed by atoms with Gasteiger partial charge in [0.25, 0.3) is 0 Å². The lowest BCUT2D eigenvalue weighted by Crippen LogP contribution is -2.19. The van der Waals surface area contributed by atoms with Crippen LogP contribution in [0, 0.1) is 0 Å². The molecule has 3 heteroatoms. The van der Waals surface area contributed by atoms with Gasteiger partial charge < -0.3 is 10.3 Å². The molecule has 2 aromatic rings. The van der Waals surface area contributed by atoms with Crippen molar-refractivity contribution < 1.29 is 0 Å². The molecule has 1 aromatic heterocycles. The molecule has 16 heavy (non-hydrogen) atoms. The molecule has 0 saturated heterocycles. The van der Waals surface area contributed by atoms with Gasteiger partial charge in [-0.15, -0.1) is 0 Å². The Morgan fingerprint density at radius 3 is 2.81 bits per heavy atom. The molecule has 0 unspecified atom stereocenters. The maximum absolute atomic E-state index is 5.92. The van der Waals surface area contributed by atoms with E-state index >= 15 is 0 Å². The number of nitrogens with zero attached hydrogens (tertiary/aromatic N) is 1. The number of nitrogens with two attached hydrogens (primary N) is 1. The predicted octanol–water partition coefficient (Wildman–Crippen LogP) is 2.93. The van der Waals surface area contributed by atoms with Gasteiger partial charge in [0.05, 0.1) is 5.52 Å². The van der Waals surface area contributed by atoms with Crippen molar-refractivity contribution in [3.8, 4) is 0 Å². The first kappa shape index (κ1) is 10.4. The molecule has 2 nitrogen and oxygen atoms in total. The second-order valence-electron chi connectivity index (χ2n) is 4.77. The molecule has 3 rings (SSSR count). The minimum absolute atomic E-state index is 0.264. The van der Waals surface area contributed by atoms with Crippen LogP contribution in [0.2, 0.25) is 0 Å². The van der Waals surface area contributed by atoms with Crippen LogP contribution < -0.4 is 5.73 Å². The molecule has 1 aromatic carbocycles. The summed E-state index contributed by atoms with van der Waals surface area (Å²) < 4.78 is 3.36. The predicted molar refractivity (Wildman–Crippen MR) is 70.6 cm³/mol. The Labute approximate surface area is 104 Å². The van der Waals surface area contributed by atoms with Crippen LogP contribution in [-0.4, -0.2) is 11.1 Å². The van der Waals surface area contributed by atoms with E-state index < -0.39 is 0 Å². The van der Waals surface area contributed by atoms with Gasteiger partial charge in [-0.25, -0.2) is 0 Å². The SMILES string of the molecule is Cn1cc(C2(CN)CC2)c2cccc(Br)c21. The average Bonchev–Trinajstić information content (AvgIpc) is 2.99. The van der Waals surface area contributed by atoms with Crippen LogP contribution in [0.15, 0.2) is 28.9 Å². The van der Waals surface area contributed by atoms with Gasteiger partial charge in [0.15, 0.2) is 0 Å². The fourth-order valence-corrected chi connectivity index (χ4v) is 3.22. The number of fused-ring (bicyclic) bond motifs is 1. The lowest BCUT2D eigenvalue weighted by molar-refractivity contribution is 0.706. The maximum atomic E-state index is 5.92. The van der Waals surface area contributed by atoms with Gasteiger partial charge in [-0.1, -0.05) is 12.1 Å². The first-order valence-corrected chi connectivity index (χ1v) is 6.41. The van der Waals surface area contributed by atoms with Crippen molar-refractivity contribution in [1.82, 2.24) is 4.57 Å². The van der Waals surface area contributed by atoms with Crippen LogP contribution >= 0.6 is 15.9 Å². The van der Waals surface area contributed by atoms with Gasteiger partial charge in [-0.05, 0) is 40.4 Å². The van der Waals surface area contributed by atoms with E-state index in [1.165, 1.54) is 29.3 Å². The molecule has 0 bridgehead atoms. The zero-order chi connectivity index (χ0) is 11.3. The van der Waals surface area contributed by atoms with Crippen molar-refractivity contribution in [3.05, 3.63) is 34.4 Å². The first-order valence-electron chi connectivity index (χ1n) is 5.62. The smallest absolute Gasteiger partial charge is 0.0625 e. The van der Waals surface area contributed by atoms with E-state index in [9.17, 15) is 0 Å². The molecule has 0 radical (unpaired) electrons. The molecule has 1 heterocycles. The summed E-state index contributed by atoms with van der Waals surface area (Å²) in [5.41, 5.74) is 8.88. The van der Waals surface area contributed by atoms with Gasteiger partial charge in [-0.3, -0.25) is 0 Å². The van der Waals surface area contributed by atoms with Crippen LogP contribution in [0.25, 0.3) is 10.9 Å². The largest absolute Gasteiger partial charge is 0.349 e. The number of rotatable bonds is 2. The number of aryl methyl sites for hydroxylation is 1. The number of halogens is 1. The summed E-state index contributed by atoms with van der Waals surface area (Å²) in [7, 11) is 2.10. The number of aromatic nitrogens is 1. The van der Waals surface area contributed by atoms with Gasteiger partial charge in [-0.2, -0.15) is 0 Å². The Hall–Kier alpha value is -0.800. The first-order chi connectivity index (χ1) is 7.68. The molecule has 2 N–H and O–H groups in total. The Kier molecular flexibility index (Phi) is 2.17. The van der Waals surface area contributed by atoms with Crippen LogP contribution in [0.1, 0.15) is 18.4 Å². The topological polar surface area (TPSA) is 30.9 Å². The quantitative estimate of drug-likeness (QED) is 0.900. The van der Waals surface area contributed by atoms with Gasteiger partial charge in [0.2, 0.25) is 0 Å². The third-order valence-electron chi connectivity index (χ3n) is 3.77. The fraction of sp³-hybridized carbons (Fsp3) is 0.385. The van der Waals surface area contributed by atoms with E-state index in [0.717, 1.165) is 11.0 Å². The van der Waals surface area contributed by atoms with E-state index in [4.69, 9.17) is 5.73 Å². The van der Waals surface area contributed by atoms with Crippen LogP contribution in [0.4, 0.5) is 0 Å². The van der Waals surface area contributed by atoms with Crippen LogP contribution in [-0.2, 0) is 12.5 Å². The molecule has 0 spiro atoms. The zero-order valence-corrected chi connectivity index (χ0v) is 10.9. The molecule has 0 atom stereocenters. The zero-order valence-electron chi connectivity index (χ0n) is 9.33. The van der Waals surface area contributed by atoms with Gasteiger partial charge in [0.1, 0.15) is 0 Å². The van der Waals surface area contributed by atoms with Crippen molar-refractivity contribution in [3.63, 3.8) is 0 Å². The number of hydrogen-bond donors (Lipinski definition) is 1. The summed E-state index contributed by atoms with van der Waals surface area (Å²) in [6.45, 7) is 0.763. The van der Waals surface area contributed by atoms with Crippen molar-refractivity contribution in [2.45, 2.75) is 18.3 Å². The molecule has 1 aliphatic carbocycles. The highest BCUT2D eigenvalue weighted by atomic mass is 79.9. The van der Waals surface area contributed by atoms with Crippen LogP contribution in [0.3, 0.4) is 0 Å². The van der Waals surface area contributed by atoms with E-state index in [1.807, 2.05) is 0 Å². The Morgan fingerprint density at radius 2 is 2.19 bits per heavy atom. The third kappa shape index (κ3) is 1.28. The fourth-order valence-electron chi connectivity index (χ4n) is 2.58. The molecule has 0 amide bonds. The monoisotopic (exact) mass is 278 g/mol. The van der Waals surface area contributed by atoms with Crippen LogP contribution in [0.5, 0.6) is 0 Å². The Balaban J connectivity index is 2.31. The molecular weight excluding hydrogens is 264 g/mol. The summed E-state index contributed by atoms with van der Waals surface area (Å²) in [4.78, 5) is 0. The second-order valence-corrected chi connectivity index (χ2v) is 5.63. The van der Waals surface area contributed by atoms with Crippen molar-refractivity contribution in [1.29, 1.82) is 0 Å². The average molecular weight is 279 g/mol. The van der Waals surface area contributed by atoms with E-state index in [1.54, 1.807) is 0 Å². The van der Waals surface area contributed by atoms with Crippen molar-refractivity contribution in [2.24, 2.45) is 12.8 Å². The molecule has 1 fully saturated rings. The molecule has 0 aliphatic heterocycles. The highest BCUT2D eigenvalue weighted by Crippen LogP contribution is 2.50. The summed E-state index contributed by atoms with van der Waals surface area (Å²) >= 11 is 3.62. The molecule has 84 valence electrons. The summed E-state index contributed by atoms with van der Waals surface area (Å²) in [5, 5.41) is 1.35. The van der Waals surface area contributed by atoms with E-state index in [-0.39, 0.29) is 5.41 Å². The minimum atomic E-state index is 0.264.